The zero-order chi connectivity index (χ0) is 11.4. The fraction of sp³-hybridized carbons (Fsp3) is 0.667. The molecule has 1 aromatic rings. The van der Waals surface area contributed by atoms with Crippen molar-refractivity contribution in [1.29, 1.82) is 0 Å². The van der Waals surface area contributed by atoms with E-state index in [1.54, 1.807) is 7.11 Å². The van der Waals surface area contributed by atoms with Gasteiger partial charge in [-0.3, -0.25) is 0 Å². The maximum atomic E-state index is 6.19. The summed E-state index contributed by atoms with van der Waals surface area (Å²) >= 11 is 0. The molecular weight excluding hydrogens is 206 g/mol. The van der Waals surface area contributed by atoms with Crippen LogP contribution in [0.25, 0.3) is 0 Å². The van der Waals surface area contributed by atoms with Gasteiger partial charge in [0.2, 0.25) is 0 Å². The molecule has 0 amide bonds. The van der Waals surface area contributed by atoms with Crippen molar-refractivity contribution in [1.82, 2.24) is 0 Å². The Bertz CT molecular complexity index is 318. The van der Waals surface area contributed by atoms with Crippen LogP contribution in [-0.4, -0.2) is 20.3 Å². The topological polar surface area (TPSA) is 57.6 Å². The van der Waals surface area contributed by atoms with Gasteiger partial charge >= 0.3 is 0 Å². The molecular formula is C12H19NO3. The molecule has 2 heterocycles. The third kappa shape index (κ3) is 2.64. The maximum Gasteiger partial charge on any atom is 0.129 e. The summed E-state index contributed by atoms with van der Waals surface area (Å²) in [5.41, 5.74) is 6.19. The third-order valence-electron chi connectivity index (χ3n) is 3.07. The Kier molecular flexibility index (Phi) is 3.98. The van der Waals surface area contributed by atoms with Crippen LogP contribution in [0.15, 0.2) is 16.5 Å². The Labute approximate surface area is 95.7 Å². The average molecular weight is 225 g/mol. The van der Waals surface area contributed by atoms with Gasteiger partial charge in [-0.15, -0.1) is 0 Å². The Morgan fingerprint density at radius 2 is 2.19 bits per heavy atom. The first-order chi connectivity index (χ1) is 7.81. The summed E-state index contributed by atoms with van der Waals surface area (Å²) in [6.45, 7) is 2.12. The van der Waals surface area contributed by atoms with Gasteiger partial charge in [-0.2, -0.15) is 0 Å². The molecule has 1 aliphatic heterocycles. The Balaban J connectivity index is 1.98. The standard InChI is InChI=1S/C12H19NO3/c1-14-8-10-2-3-11(16-10)12(13)9-4-6-15-7-5-9/h2-3,9,12H,4-8,13H2,1H3. The van der Waals surface area contributed by atoms with Gasteiger partial charge in [0.15, 0.2) is 0 Å². The lowest BCUT2D eigenvalue weighted by molar-refractivity contribution is 0.0555. The van der Waals surface area contributed by atoms with Crippen molar-refractivity contribution >= 4 is 0 Å². The number of furan rings is 1. The molecule has 16 heavy (non-hydrogen) atoms. The maximum absolute atomic E-state index is 6.19. The quantitative estimate of drug-likeness (QED) is 0.849. The second-order valence-corrected chi connectivity index (χ2v) is 4.21. The van der Waals surface area contributed by atoms with E-state index in [2.05, 4.69) is 0 Å². The van der Waals surface area contributed by atoms with E-state index in [1.165, 1.54) is 0 Å². The smallest absolute Gasteiger partial charge is 0.129 e. The predicted octanol–water partition coefficient (Wildman–Crippen LogP) is 1.85. The van der Waals surface area contributed by atoms with Gasteiger partial charge in [-0.25, -0.2) is 0 Å². The molecule has 1 fully saturated rings. The number of ether oxygens (including phenoxy) is 2. The first-order valence-corrected chi connectivity index (χ1v) is 5.72. The summed E-state index contributed by atoms with van der Waals surface area (Å²) in [7, 11) is 1.65. The van der Waals surface area contributed by atoms with E-state index in [1.807, 2.05) is 12.1 Å². The van der Waals surface area contributed by atoms with Gasteiger partial charge < -0.3 is 19.6 Å². The van der Waals surface area contributed by atoms with Crippen LogP contribution in [0.2, 0.25) is 0 Å². The van der Waals surface area contributed by atoms with Crippen LogP contribution in [0, 0.1) is 5.92 Å². The lowest BCUT2D eigenvalue weighted by Crippen LogP contribution is -2.27. The molecule has 1 unspecified atom stereocenters. The second-order valence-electron chi connectivity index (χ2n) is 4.21. The van der Waals surface area contributed by atoms with Crippen LogP contribution in [0.4, 0.5) is 0 Å². The Morgan fingerprint density at radius 3 is 2.88 bits per heavy atom. The van der Waals surface area contributed by atoms with E-state index in [9.17, 15) is 0 Å². The summed E-state index contributed by atoms with van der Waals surface area (Å²) < 4.78 is 16.0. The van der Waals surface area contributed by atoms with Crippen LogP contribution in [0.5, 0.6) is 0 Å². The minimum Gasteiger partial charge on any atom is -0.462 e. The molecule has 4 nitrogen and oxygen atoms in total. The monoisotopic (exact) mass is 225 g/mol. The van der Waals surface area contributed by atoms with Crippen molar-refractivity contribution in [2.75, 3.05) is 20.3 Å². The zero-order valence-corrected chi connectivity index (χ0v) is 9.65. The molecule has 2 N–H and O–H groups in total. The summed E-state index contributed by atoms with van der Waals surface area (Å²) in [4.78, 5) is 0. The summed E-state index contributed by atoms with van der Waals surface area (Å²) in [5.74, 6) is 2.16. The number of hydrogen-bond donors (Lipinski definition) is 1. The van der Waals surface area contributed by atoms with Gasteiger partial charge in [-0.1, -0.05) is 0 Å². The molecule has 1 atom stereocenters. The van der Waals surface area contributed by atoms with Crippen molar-refractivity contribution in [3.05, 3.63) is 23.7 Å². The minimum absolute atomic E-state index is 0.0190. The molecule has 0 spiro atoms. The van der Waals surface area contributed by atoms with Crippen molar-refractivity contribution in [3.63, 3.8) is 0 Å². The van der Waals surface area contributed by atoms with Crippen LogP contribution in [0.1, 0.15) is 30.4 Å². The molecule has 0 saturated carbocycles. The molecule has 0 aromatic carbocycles. The van der Waals surface area contributed by atoms with E-state index in [-0.39, 0.29) is 6.04 Å². The fourth-order valence-corrected chi connectivity index (χ4v) is 2.10. The van der Waals surface area contributed by atoms with Gasteiger partial charge in [0.05, 0.1) is 6.04 Å². The van der Waals surface area contributed by atoms with Crippen molar-refractivity contribution in [3.8, 4) is 0 Å². The SMILES string of the molecule is COCc1ccc(C(N)C2CCOCC2)o1. The Hall–Kier alpha value is -0.840. The summed E-state index contributed by atoms with van der Waals surface area (Å²) in [6.07, 6.45) is 2.03. The summed E-state index contributed by atoms with van der Waals surface area (Å²) in [5, 5.41) is 0. The van der Waals surface area contributed by atoms with Gasteiger partial charge in [0.1, 0.15) is 18.1 Å². The van der Waals surface area contributed by atoms with Gasteiger partial charge in [0.25, 0.3) is 0 Å². The molecule has 0 radical (unpaired) electrons. The van der Waals surface area contributed by atoms with Crippen LogP contribution in [-0.2, 0) is 16.1 Å². The molecule has 90 valence electrons. The van der Waals surface area contributed by atoms with Crippen LogP contribution >= 0.6 is 0 Å². The molecule has 1 aromatic heterocycles. The van der Waals surface area contributed by atoms with E-state index >= 15 is 0 Å². The Morgan fingerprint density at radius 1 is 1.44 bits per heavy atom. The molecule has 1 aliphatic rings. The van der Waals surface area contributed by atoms with E-state index in [0.717, 1.165) is 37.6 Å². The van der Waals surface area contributed by atoms with E-state index in [0.29, 0.717) is 12.5 Å². The number of hydrogen-bond acceptors (Lipinski definition) is 4. The van der Waals surface area contributed by atoms with Crippen molar-refractivity contribution in [2.45, 2.75) is 25.5 Å². The molecule has 0 bridgehead atoms. The molecule has 2 rings (SSSR count). The summed E-state index contributed by atoms with van der Waals surface area (Å²) in [6, 6.07) is 3.86. The zero-order valence-electron chi connectivity index (χ0n) is 9.65. The van der Waals surface area contributed by atoms with Crippen molar-refractivity contribution < 1.29 is 13.9 Å². The van der Waals surface area contributed by atoms with E-state index in [4.69, 9.17) is 19.6 Å². The highest BCUT2D eigenvalue weighted by molar-refractivity contribution is 5.11. The first kappa shape index (κ1) is 11.6. The lowest BCUT2D eigenvalue weighted by atomic mass is 9.91. The largest absolute Gasteiger partial charge is 0.462 e. The highest BCUT2D eigenvalue weighted by Gasteiger charge is 2.24. The van der Waals surface area contributed by atoms with Crippen LogP contribution in [0.3, 0.4) is 0 Å². The highest BCUT2D eigenvalue weighted by atomic mass is 16.5. The fourth-order valence-electron chi connectivity index (χ4n) is 2.10. The number of nitrogens with two attached hydrogens (primary N) is 1. The normalized spacial score (nSPS) is 19.9. The number of rotatable bonds is 4. The predicted molar refractivity (Wildman–Crippen MR) is 59.9 cm³/mol. The molecule has 0 aliphatic carbocycles. The first-order valence-electron chi connectivity index (χ1n) is 5.72. The van der Waals surface area contributed by atoms with Gasteiger partial charge in [-0.05, 0) is 30.9 Å². The minimum atomic E-state index is -0.0190. The van der Waals surface area contributed by atoms with E-state index < -0.39 is 0 Å². The average Bonchev–Trinajstić information content (AvgIpc) is 2.78. The van der Waals surface area contributed by atoms with Gasteiger partial charge in [0, 0.05) is 20.3 Å². The molecule has 4 heteroatoms. The lowest BCUT2D eigenvalue weighted by Gasteiger charge is -2.26. The second kappa shape index (κ2) is 5.48. The van der Waals surface area contributed by atoms with Crippen LogP contribution < -0.4 is 5.73 Å². The highest BCUT2D eigenvalue weighted by Crippen LogP contribution is 2.29. The number of methoxy groups -OCH3 is 1. The van der Waals surface area contributed by atoms with Crippen molar-refractivity contribution in [2.24, 2.45) is 11.7 Å². The molecule has 1 saturated heterocycles. The third-order valence-corrected chi connectivity index (χ3v) is 3.07.